The Balaban J connectivity index is 0.000000387. The first kappa shape index (κ1) is 22.6. The molecule has 0 aliphatic rings. The van der Waals surface area contributed by atoms with Gasteiger partial charge >= 0.3 is 11.9 Å². The number of hydrogen-bond donors (Lipinski definition) is 2. The summed E-state index contributed by atoms with van der Waals surface area (Å²) in [5.74, 6) is -1.97. The van der Waals surface area contributed by atoms with Crippen LogP contribution in [0.5, 0.6) is 0 Å². The molecule has 0 aliphatic heterocycles. The van der Waals surface area contributed by atoms with Gasteiger partial charge in [0.25, 0.3) is 0 Å². The quantitative estimate of drug-likeness (QED) is 0.625. The Kier molecular flexibility index (Phi) is 10.7. The van der Waals surface area contributed by atoms with Crippen LogP contribution in [0.2, 0.25) is 0 Å². The minimum absolute atomic E-state index is 0.543. The molecule has 0 bridgehead atoms. The largest absolute Gasteiger partial charge is 0.478 e. The van der Waals surface area contributed by atoms with E-state index in [4.69, 9.17) is 10.2 Å². The molecule has 1 unspecified atom stereocenters. The van der Waals surface area contributed by atoms with E-state index in [2.05, 4.69) is 66.6 Å². The number of hydrogen-bond acceptors (Lipinski definition) is 4. The van der Waals surface area contributed by atoms with Crippen LogP contribution in [-0.2, 0) is 9.59 Å². The summed E-state index contributed by atoms with van der Waals surface area (Å²) in [4.78, 5) is 23.1. The molecule has 146 valence electrons. The molecule has 1 atom stereocenters. The van der Waals surface area contributed by atoms with Crippen LogP contribution in [0.15, 0.2) is 60.0 Å². The highest BCUT2D eigenvalue weighted by Gasteiger charge is 2.15. The zero-order chi connectivity index (χ0) is 20.1. The summed E-state index contributed by atoms with van der Waals surface area (Å²) in [5.41, 5.74) is 1.44. The first-order valence-corrected chi connectivity index (χ1v) is 9.80. The monoisotopic (exact) mass is 389 g/mol. The Hall–Kier alpha value is -2.44. The molecule has 1 aromatic carbocycles. The van der Waals surface area contributed by atoms with E-state index in [-0.39, 0.29) is 0 Å². The molecule has 2 rings (SSSR count). The molecule has 27 heavy (non-hydrogen) atoms. The van der Waals surface area contributed by atoms with Gasteiger partial charge in [-0.05, 0) is 43.1 Å². The van der Waals surface area contributed by atoms with Crippen molar-refractivity contribution in [3.63, 3.8) is 0 Å². The van der Waals surface area contributed by atoms with Crippen molar-refractivity contribution in [1.82, 2.24) is 4.90 Å². The maximum absolute atomic E-state index is 9.55. The van der Waals surface area contributed by atoms with Crippen LogP contribution < -0.4 is 0 Å². The van der Waals surface area contributed by atoms with E-state index in [1.54, 1.807) is 0 Å². The van der Waals surface area contributed by atoms with Gasteiger partial charge in [-0.25, -0.2) is 9.59 Å². The van der Waals surface area contributed by atoms with E-state index in [0.29, 0.717) is 18.1 Å². The van der Waals surface area contributed by atoms with Gasteiger partial charge in [-0.3, -0.25) is 0 Å². The van der Waals surface area contributed by atoms with Gasteiger partial charge in [0.1, 0.15) is 0 Å². The normalized spacial score (nSPS) is 11.8. The molecule has 0 fully saturated rings. The second kappa shape index (κ2) is 12.8. The molecule has 0 aliphatic carbocycles. The maximum atomic E-state index is 9.55. The Morgan fingerprint density at radius 2 is 1.59 bits per heavy atom. The SMILES string of the molecule is CCN(CC)CCC(c1ccccc1)c1cccs1.O=C(O)/C=C/C(=O)O. The lowest BCUT2D eigenvalue weighted by Crippen LogP contribution is -2.25. The predicted molar refractivity (Wildman–Crippen MR) is 109 cm³/mol. The molecule has 1 aromatic heterocycles. The Bertz CT molecular complexity index is 678. The lowest BCUT2D eigenvalue weighted by atomic mass is 9.94. The van der Waals surface area contributed by atoms with E-state index in [0.717, 1.165) is 13.1 Å². The highest BCUT2D eigenvalue weighted by atomic mass is 32.1. The second-order valence-corrected chi connectivity index (χ2v) is 6.78. The number of carboxylic acids is 2. The standard InChI is InChI=1S/C17H23NS.C4H4O4/c1-3-18(4-2)13-12-16(17-11-8-14-19-17)15-9-6-5-7-10-15;5-3(6)1-2-4(7)8/h5-11,14,16H,3-4,12-13H2,1-2H3;1-2H,(H,5,6)(H,7,8)/b;2-1+. The van der Waals surface area contributed by atoms with Crippen LogP contribution in [0.3, 0.4) is 0 Å². The van der Waals surface area contributed by atoms with Crippen molar-refractivity contribution >= 4 is 23.3 Å². The molecule has 2 N–H and O–H groups in total. The van der Waals surface area contributed by atoms with Crippen molar-refractivity contribution in [2.45, 2.75) is 26.2 Å². The molecule has 0 radical (unpaired) electrons. The van der Waals surface area contributed by atoms with Crippen LogP contribution in [0, 0.1) is 0 Å². The minimum atomic E-state index is -1.26. The van der Waals surface area contributed by atoms with Crippen molar-refractivity contribution in [2.75, 3.05) is 19.6 Å². The van der Waals surface area contributed by atoms with E-state index in [1.807, 2.05) is 11.3 Å². The van der Waals surface area contributed by atoms with Crippen LogP contribution in [-0.4, -0.2) is 46.7 Å². The molecule has 0 saturated carbocycles. The minimum Gasteiger partial charge on any atom is -0.478 e. The lowest BCUT2D eigenvalue weighted by molar-refractivity contribution is -0.134. The van der Waals surface area contributed by atoms with E-state index in [1.165, 1.54) is 23.4 Å². The fourth-order valence-electron chi connectivity index (χ4n) is 2.64. The van der Waals surface area contributed by atoms with E-state index < -0.39 is 11.9 Å². The number of carbonyl (C=O) groups is 2. The fraction of sp³-hybridized carbons (Fsp3) is 0.333. The highest BCUT2D eigenvalue weighted by molar-refractivity contribution is 7.10. The first-order valence-electron chi connectivity index (χ1n) is 8.92. The number of thiophene rings is 1. The van der Waals surface area contributed by atoms with Gasteiger partial charge in [-0.2, -0.15) is 0 Å². The zero-order valence-electron chi connectivity index (χ0n) is 15.7. The number of benzene rings is 1. The molecular weight excluding hydrogens is 362 g/mol. The fourth-order valence-corrected chi connectivity index (χ4v) is 3.53. The van der Waals surface area contributed by atoms with Crippen LogP contribution >= 0.6 is 11.3 Å². The molecule has 5 nitrogen and oxygen atoms in total. The third-order valence-corrected chi connectivity index (χ3v) is 5.07. The third kappa shape index (κ3) is 9.17. The molecule has 2 aromatic rings. The molecule has 0 spiro atoms. The number of aliphatic carboxylic acids is 2. The van der Waals surface area contributed by atoms with E-state index >= 15 is 0 Å². The Labute approximate surface area is 164 Å². The van der Waals surface area contributed by atoms with Crippen molar-refractivity contribution in [3.05, 3.63) is 70.4 Å². The van der Waals surface area contributed by atoms with Crippen LogP contribution in [0.1, 0.15) is 36.6 Å². The third-order valence-electron chi connectivity index (χ3n) is 4.09. The second-order valence-electron chi connectivity index (χ2n) is 5.80. The summed E-state index contributed by atoms with van der Waals surface area (Å²) in [7, 11) is 0. The van der Waals surface area contributed by atoms with Gasteiger partial charge in [0.2, 0.25) is 0 Å². The molecule has 6 heteroatoms. The molecule has 1 heterocycles. The highest BCUT2D eigenvalue weighted by Crippen LogP contribution is 2.31. The van der Waals surface area contributed by atoms with E-state index in [9.17, 15) is 9.59 Å². The average Bonchev–Trinajstić information content (AvgIpc) is 3.19. The van der Waals surface area contributed by atoms with Gasteiger partial charge in [-0.1, -0.05) is 50.2 Å². The molecular formula is C21H27NO4S. The van der Waals surface area contributed by atoms with Gasteiger partial charge < -0.3 is 15.1 Å². The van der Waals surface area contributed by atoms with Crippen molar-refractivity contribution in [2.24, 2.45) is 0 Å². The topological polar surface area (TPSA) is 77.8 Å². The summed E-state index contributed by atoms with van der Waals surface area (Å²) in [5, 5.41) is 17.8. The predicted octanol–water partition coefficient (Wildman–Crippen LogP) is 4.32. The lowest BCUT2D eigenvalue weighted by Gasteiger charge is -2.22. The summed E-state index contributed by atoms with van der Waals surface area (Å²) in [6.45, 7) is 7.94. The van der Waals surface area contributed by atoms with Crippen molar-refractivity contribution in [1.29, 1.82) is 0 Å². The van der Waals surface area contributed by atoms with Gasteiger partial charge in [0.05, 0.1) is 0 Å². The maximum Gasteiger partial charge on any atom is 0.328 e. The van der Waals surface area contributed by atoms with Crippen LogP contribution in [0.25, 0.3) is 0 Å². The van der Waals surface area contributed by atoms with Crippen LogP contribution in [0.4, 0.5) is 0 Å². The average molecular weight is 390 g/mol. The number of rotatable bonds is 9. The number of carboxylic acid groups (broad SMARTS) is 2. The first-order chi connectivity index (χ1) is 13.0. The Morgan fingerprint density at radius 3 is 2.04 bits per heavy atom. The summed E-state index contributed by atoms with van der Waals surface area (Å²) in [6, 6.07) is 15.3. The smallest absolute Gasteiger partial charge is 0.328 e. The van der Waals surface area contributed by atoms with Gasteiger partial charge in [0, 0.05) is 22.9 Å². The zero-order valence-corrected chi connectivity index (χ0v) is 16.6. The van der Waals surface area contributed by atoms with Crippen molar-refractivity contribution in [3.8, 4) is 0 Å². The van der Waals surface area contributed by atoms with Gasteiger partial charge in [-0.15, -0.1) is 11.3 Å². The summed E-state index contributed by atoms with van der Waals surface area (Å²) < 4.78 is 0. The molecule has 0 amide bonds. The summed E-state index contributed by atoms with van der Waals surface area (Å²) in [6.07, 6.45) is 2.32. The molecule has 0 saturated heterocycles. The Morgan fingerprint density at radius 1 is 1.00 bits per heavy atom. The van der Waals surface area contributed by atoms with Crippen molar-refractivity contribution < 1.29 is 19.8 Å². The summed E-state index contributed by atoms with van der Waals surface area (Å²) >= 11 is 1.87. The van der Waals surface area contributed by atoms with Gasteiger partial charge in [0.15, 0.2) is 0 Å². The number of nitrogens with zero attached hydrogens (tertiary/aromatic N) is 1.